The molecule has 3 amide bonds. The van der Waals surface area contributed by atoms with Crippen LogP contribution in [0.15, 0.2) is 48.5 Å². The fourth-order valence-corrected chi connectivity index (χ4v) is 3.25. The second kappa shape index (κ2) is 9.78. The Kier molecular flexibility index (Phi) is 6.89. The highest BCUT2D eigenvalue weighted by molar-refractivity contribution is 5.89. The zero-order chi connectivity index (χ0) is 19.8. The molecule has 2 aromatic carbocycles. The number of methoxy groups -OCH3 is 1. The van der Waals surface area contributed by atoms with Crippen LogP contribution in [0.1, 0.15) is 24.0 Å². The predicted octanol–water partition coefficient (Wildman–Crippen LogP) is 3.22. The summed E-state index contributed by atoms with van der Waals surface area (Å²) in [7, 11) is 1.64. The maximum absolute atomic E-state index is 12.2. The third-order valence-corrected chi connectivity index (χ3v) is 4.88. The fourth-order valence-electron chi connectivity index (χ4n) is 3.25. The van der Waals surface area contributed by atoms with Crippen molar-refractivity contribution in [1.82, 2.24) is 10.2 Å². The van der Waals surface area contributed by atoms with Gasteiger partial charge in [0.25, 0.3) is 0 Å². The van der Waals surface area contributed by atoms with E-state index >= 15 is 0 Å². The Balaban J connectivity index is 1.40. The van der Waals surface area contributed by atoms with Gasteiger partial charge in [0.2, 0.25) is 5.91 Å². The summed E-state index contributed by atoms with van der Waals surface area (Å²) in [5, 5.41) is 5.67. The summed E-state index contributed by atoms with van der Waals surface area (Å²) in [4.78, 5) is 26.1. The zero-order valence-electron chi connectivity index (χ0n) is 16.2. The second-order valence-corrected chi connectivity index (χ2v) is 6.94. The van der Waals surface area contributed by atoms with Gasteiger partial charge in [-0.2, -0.15) is 0 Å². The topological polar surface area (TPSA) is 70.7 Å². The smallest absolute Gasteiger partial charge is 0.319 e. The van der Waals surface area contributed by atoms with Gasteiger partial charge in [-0.15, -0.1) is 0 Å². The molecule has 28 heavy (non-hydrogen) atoms. The number of hydrogen-bond acceptors (Lipinski definition) is 3. The minimum Gasteiger partial charge on any atom is -0.497 e. The molecule has 148 valence electrons. The molecule has 1 saturated heterocycles. The Bertz CT molecular complexity index is 782. The predicted molar refractivity (Wildman–Crippen MR) is 110 cm³/mol. The van der Waals surface area contributed by atoms with Gasteiger partial charge >= 0.3 is 6.03 Å². The summed E-state index contributed by atoms with van der Waals surface area (Å²) in [6.45, 7) is 2.28. The molecule has 2 N–H and O–H groups in total. The van der Waals surface area contributed by atoms with Crippen molar-refractivity contribution < 1.29 is 14.3 Å². The molecule has 0 saturated carbocycles. The SMILES string of the molecule is COc1ccc(CCNC(=O)Nc2ccc(CC(=O)N3CCCC3)cc2)cc1. The maximum atomic E-state index is 12.2. The number of anilines is 1. The van der Waals surface area contributed by atoms with E-state index < -0.39 is 0 Å². The lowest BCUT2D eigenvalue weighted by Crippen LogP contribution is -2.30. The summed E-state index contributed by atoms with van der Waals surface area (Å²) >= 11 is 0. The lowest BCUT2D eigenvalue weighted by Gasteiger charge is -2.15. The molecule has 0 atom stereocenters. The van der Waals surface area contributed by atoms with E-state index in [0.717, 1.165) is 49.2 Å². The highest BCUT2D eigenvalue weighted by Gasteiger charge is 2.17. The molecular weight excluding hydrogens is 354 g/mol. The molecule has 1 aliphatic heterocycles. The highest BCUT2D eigenvalue weighted by Crippen LogP contribution is 2.14. The minimum atomic E-state index is -0.241. The van der Waals surface area contributed by atoms with Gasteiger partial charge in [0, 0.05) is 25.3 Å². The van der Waals surface area contributed by atoms with Crippen LogP contribution in [0.25, 0.3) is 0 Å². The van der Waals surface area contributed by atoms with E-state index in [1.165, 1.54) is 0 Å². The van der Waals surface area contributed by atoms with Crippen molar-refractivity contribution in [2.45, 2.75) is 25.7 Å². The van der Waals surface area contributed by atoms with Crippen LogP contribution in [-0.2, 0) is 17.6 Å². The highest BCUT2D eigenvalue weighted by atomic mass is 16.5. The van der Waals surface area contributed by atoms with Crippen LogP contribution in [-0.4, -0.2) is 43.6 Å². The van der Waals surface area contributed by atoms with Crippen LogP contribution in [0.5, 0.6) is 5.75 Å². The largest absolute Gasteiger partial charge is 0.497 e. The zero-order valence-corrected chi connectivity index (χ0v) is 16.2. The molecule has 0 spiro atoms. The number of carbonyl (C=O) groups excluding carboxylic acids is 2. The molecule has 0 aliphatic carbocycles. The van der Waals surface area contributed by atoms with Crippen LogP contribution in [0.3, 0.4) is 0 Å². The first-order valence-corrected chi connectivity index (χ1v) is 9.68. The van der Waals surface area contributed by atoms with Gasteiger partial charge in [-0.1, -0.05) is 24.3 Å². The quantitative estimate of drug-likeness (QED) is 0.774. The van der Waals surface area contributed by atoms with Gasteiger partial charge in [-0.25, -0.2) is 4.79 Å². The lowest BCUT2D eigenvalue weighted by molar-refractivity contribution is -0.129. The molecule has 0 bridgehead atoms. The average Bonchev–Trinajstić information content (AvgIpc) is 3.25. The Morgan fingerprint density at radius 1 is 0.964 bits per heavy atom. The van der Waals surface area contributed by atoms with E-state index in [1.54, 1.807) is 7.11 Å². The molecule has 1 heterocycles. The normalized spacial score (nSPS) is 13.2. The number of carbonyl (C=O) groups is 2. The molecule has 1 fully saturated rings. The van der Waals surface area contributed by atoms with E-state index in [-0.39, 0.29) is 11.9 Å². The number of amides is 3. The van der Waals surface area contributed by atoms with Crippen molar-refractivity contribution in [2.75, 3.05) is 32.1 Å². The Morgan fingerprint density at radius 3 is 2.25 bits per heavy atom. The van der Waals surface area contributed by atoms with Gasteiger partial charge < -0.3 is 20.3 Å². The van der Waals surface area contributed by atoms with Crippen molar-refractivity contribution in [3.63, 3.8) is 0 Å². The number of rotatable bonds is 7. The monoisotopic (exact) mass is 381 g/mol. The number of hydrogen-bond donors (Lipinski definition) is 2. The van der Waals surface area contributed by atoms with Gasteiger partial charge in [-0.05, 0) is 54.7 Å². The summed E-state index contributed by atoms with van der Waals surface area (Å²) in [5.74, 6) is 0.995. The summed E-state index contributed by atoms with van der Waals surface area (Å²) in [6.07, 6.45) is 3.35. The van der Waals surface area contributed by atoms with Crippen molar-refractivity contribution >= 4 is 17.6 Å². The molecule has 3 rings (SSSR count). The Labute approximate surface area is 165 Å². The average molecular weight is 381 g/mol. The molecule has 1 aliphatic rings. The minimum absolute atomic E-state index is 0.175. The van der Waals surface area contributed by atoms with Crippen LogP contribution in [0.4, 0.5) is 10.5 Å². The summed E-state index contributed by atoms with van der Waals surface area (Å²) in [6, 6.07) is 15.0. The summed E-state index contributed by atoms with van der Waals surface area (Å²) < 4.78 is 5.13. The number of benzene rings is 2. The number of urea groups is 1. The second-order valence-electron chi connectivity index (χ2n) is 6.94. The maximum Gasteiger partial charge on any atom is 0.319 e. The van der Waals surface area contributed by atoms with Crippen molar-refractivity contribution in [1.29, 1.82) is 0 Å². The first kappa shape index (κ1) is 19.7. The van der Waals surface area contributed by atoms with Gasteiger partial charge in [0.05, 0.1) is 13.5 Å². The molecular formula is C22H27N3O3. The molecule has 6 nitrogen and oxygen atoms in total. The first-order chi connectivity index (χ1) is 13.6. The van der Waals surface area contributed by atoms with Gasteiger partial charge in [-0.3, -0.25) is 4.79 Å². The number of nitrogens with zero attached hydrogens (tertiary/aromatic N) is 1. The van der Waals surface area contributed by atoms with E-state index in [2.05, 4.69) is 10.6 Å². The Morgan fingerprint density at radius 2 is 1.61 bits per heavy atom. The van der Waals surface area contributed by atoms with Crippen molar-refractivity contribution in [3.05, 3.63) is 59.7 Å². The lowest BCUT2D eigenvalue weighted by atomic mass is 10.1. The molecule has 6 heteroatoms. The number of nitrogens with one attached hydrogen (secondary N) is 2. The molecule has 0 unspecified atom stereocenters. The first-order valence-electron chi connectivity index (χ1n) is 9.68. The van der Waals surface area contributed by atoms with Gasteiger partial charge in [0.15, 0.2) is 0 Å². The van der Waals surface area contributed by atoms with Gasteiger partial charge in [0.1, 0.15) is 5.75 Å². The standard InChI is InChI=1S/C22H27N3O3/c1-28-20-10-6-17(7-11-20)12-13-23-22(27)24-19-8-4-18(5-9-19)16-21(26)25-14-2-3-15-25/h4-11H,2-3,12-16H2,1H3,(H2,23,24,27). The van der Waals surface area contributed by atoms with E-state index in [9.17, 15) is 9.59 Å². The van der Waals surface area contributed by atoms with Crippen LogP contribution >= 0.6 is 0 Å². The van der Waals surface area contributed by atoms with E-state index in [0.29, 0.717) is 18.7 Å². The third-order valence-electron chi connectivity index (χ3n) is 4.88. The Hall–Kier alpha value is -3.02. The van der Waals surface area contributed by atoms with Crippen LogP contribution < -0.4 is 15.4 Å². The number of ether oxygens (including phenoxy) is 1. The summed E-state index contributed by atoms with van der Waals surface area (Å²) in [5.41, 5.74) is 2.80. The molecule has 0 aromatic heterocycles. The van der Waals surface area contributed by atoms with Crippen LogP contribution in [0.2, 0.25) is 0 Å². The molecule has 2 aromatic rings. The van der Waals surface area contributed by atoms with E-state index in [4.69, 9.17) is 4.74 Å². The van der Waals surface area contributed by atoms with Crippen molar-refractivity contribution in [2.24, 2.45) is 0 Å². The fraction of sp³-hybridized carbons (Fsp3) is 0.364. The van der Waals surface area contributed by atoms with Crippen LogP contribution in [0, 0.1) is 0 Å². The van der Waals surface area contributed by atoms with Crippen molar-refractivity contribution in [3.8, 4) is 5.75 Å². The third kappa shape index (κ3) is 5.74. The molecule has 0 radical (unpaired) electrons. The number of likely N-dealkylation sites (tertiary alicyclic amines) is 1. The van der Waals surface area contributed by atoms with E-state index in [1.807, 2.05) is 53.4 Å².